The Labute approximate surface area is 175 Å². The summed E-state index contributed by atoms with van der Waals surface area (Å²) in [7, 11) is 1.79. The number of benzene rings is 1. The van der Waals surface area contributed by atoms with E-state index >= 15 is 0 Å². The Morgan fingerprint density at radius 1 is 1.15 bits per heavy atom. The summed E-state index contributed by atoms with van der Waals surface area (Å²) in [4.78, 5) is 8.70. The second kappa shape index (κ2) is 8.85. The normalized spacial score (nSPS) is 16.9. The van der Waals surface area contributed by atoms with Crippen molar-refractivity contribution in [2.75, 3.05) is 38.1 Å². The zero-order valence-electron chi connectivity index (χ0n) is 15.4. The zero-order chi connectivity index (χ0) is 17.9. The lowest BCUT2D eigenvalue weighted by atomic mass is 10.2. The van der Waals surface area contributed by atoms with Gasteiger partial charge in [-0.25, -0.2) is 4.39 Å². The largest absolute Gasteiger partial charge is 0.366 e. The molecule has 1 saturated heterocycles. The number of hydrogen-bond acceptors (Lipinski definition) is 4. The first-order valence-electron chi connectivity index (χ1n) is 9.12. The lowest BCUT2D eigenvalue weighted by Gasteiger charge is -2.37. The van der Waals surface area contributed by atoms with Crippen LogP contribution in [0.2, 0.25) is 0 Å². The highest BCUT2D eigenvalue weighted by atomic mass is 127. The van der Waals surface area contributed by atoms with Crippen molar-refractivity contribution in [2.24, 2.45) is 4.99 Å². The minimum Gasteiger partial charge on any atom is -0.366 e. The number of nitrogens with zero attached hydrogens (tertiary/aromatic N) is 6. The molecule has 0 atom stereocenters. The van der Waals surface area contributed by atoms with Gasteiger partial charge in [0.25, 0.3) is 0 Å². The molecule has 0 bridgehead atoms. The van der Waals surface area contributed by atoms with Gasteiger partial charge in [-0.15, -0.1) is 34.2 Å². The molecule has 4 rings (SSSR count). The molecular formula is C18H25FIN7. The molecule has 27 heavy (non-hydrogen) atoms. The van der Waals surface area contributed by atoms with Gasteiger partial charge in [-0.05, 0) is 18.6 Å². The molecular weight excluding hydrogens is 460 g/mol. The first kappa shape index (κ1) is 19.8. The fraction of sp³-hybridized carbons (Fsp3) is 0.500. The summed E-state index contributed by atoms with van der Waals surface area (Å²) in [6.07, 6.45) is 2.16. The van der Waals surface area contributed by atoms with Crippen LogP contribution in [-0.2, 0) is 19.5 Å². The number of aromatic nitrogens is 3. The monoisotopic (exact) mass is 485 g/mol. The van der Waals surface area contributed by atoms with Crippen molar-refractivity contribution in [1.29, 1.82) is 0 Å². The molecule has 9 heteroatoms. The number of nitrogens with one attached hydrogen (secondary N) is 1. The Bertz CT molecular complexity index is 799. The summed E-state index contributed by atoms with van der Waals surface area (Å²) in [6, 6.07) is 6.95. The smallest absolute Gasteiger partial charge is 0.194 e. The highest BCUT2D eigenvalue weighted by Crippen LogP contribution is 2.20. The number of guanidine groups is 1. The van der Waals surface area contributed by atoms with Gasteiger partial charge in [0.1, 0.15) is 11.6 Å². The molecule has 2 aliphatic rings. The average Bonchev–Trinajstić information content (AvgIpc) is 3.28. The fourth-order valence-corrected chi connectivity index (χ4v) is 3.70. The predicted octanol–water partition coefficient (Wildman–Crippen LogP) is 1.88. The van der Waals surface area contributed by atoms with Crippen LogP contribution in [0.1, 0.15) is 18.1 Å². The van der Waals surface area contributed by atoms with E-state index in [2.05, 4.69) is 34.9 Å². The number of halogens is 2. The number of hydrogen-bond donors (Lipinski definition) is 1. The van der Waals surface area contributed by atoms with Crippen LogP contribution < -0.4 is 10.2 Å². The van der Waals surface area contributed by atoms with Crippen LogP contribution in [0, 0.1) is 5.82 Å². The van der Waals surface area contributed by atoms with Crippen molar-refractivity contribution in [2.45, 2.75) is 25.9 Å². The van der Waals surface area contributed by atoms with Gasteiger partial charge in [-0.3, -0.25) is 4.99 Å². The summed E-state index contributed by atoms with van der Waals surface area (Å²) in [5, 5.41) is 11.9. The van der Waals surface area contributed by atoms with Crippen molar-refractivity contribution >= 4 is 35.6 Å². The van der Waals surface area contributed by atoms with Crippen molar-refractivity contribution in [3.05, 3.63) is 41.7 Å². The molecule has 0 unspecified atom stereocenters. The third-order valence-electron chi connectivity index (χ3n) is 5.07. The number of piperazine rings is 1. The van der Waals surface area contributed by atoms with Crippen LogP contribution in [0.3, 0.4) is 0 Å². The van der Waals surface area contributed by atoms with Crippen LogP contribution in [0.4, 0.5) is 10.1 Å². The van der Waals surface area contributed by atoms with E-state index < -0.39 is 0 Å². The molecule has 0 aliphatic carbocycles. The van der Waals surface area contributed by atoms with Crippen molar-refractivity contribution < 1.29 is 4.39 Å². The van der Waals surface area contributed by atoms with Crippen LogP contribution in [-0.4, -0.2) is 58.9 Å². The molecule has 1 N–H and O–H groups in total. The Morgan fingerprint density at radius 2 is 1.93 bits per heavy atom. The molecule has 0 amide bonds. The molecule has 0 radical (unpaired) electrons. The molecule has 2 aliphatic heterocycles. The predicted molar refractivity (Wildman–Crippen MR) is 114 cm³/mol. The Morgan fingerprint density at radius 3 is 2.67 bits per heavy atom. The van der Waals surface area contributed by atoms with Gasteiger partial charge in [0.05, 0.1) is 12.2 Å². The van der Waals surface area contributed by atoms with E-state index in [-0.39, 0.29) is 29.8 Å². The Kier molecular flexibility index (Phi) is 6.51. The third-order valence-corrected chi connectivity index (χ3v) is 5.07. The summed E-state index contributed by atoms with van der Waals surface area (Å²) in [5.41, 5.74) is 0.675. The van der Waals surface area contributed by atoms with Gasteiger partial charge < -0.3 is 19.7 Å². The van der Waals surface area contributed by atoms with Gasteiger partial charge in [0.15, 0.2) is 11.8 Å². The van der Waals surface area contributed by atoms with Crippen LogP contribution in [0.25, 0.3) is 0 Å². The summed E-state index contributed by atoms with van der Waals surface area (Å²) >= 11 is 0. The highest BCUT2D eigenvalue weighted by molar-refractivity contribution is 14.0. The zero-order valence-corrected chi connectivity index (χ0v) is 17.8. The molecule has 146 valence electrons. The van der Waals surface area contributed by atoms with E-state index in [0.717, 1.165) is 63.2 Å². The van der Waals surface area contributed by atoms with E-state index in [1.165, 1.54) is 6.07 Å². The second-order valence-electron chi connectivity index (χ2n) is 6.61. The maximum absolute atomic E-state index is 14.0. The van der Waals surface area contributed by atoms with Gasteiger partial charge in [0, 0.05) is 46.2 Å². The molecule has 0 saturated carbocycles. The topological polar surface area (TPSA) is 61.6 Å². The summed E-state index contributed by atoms with van der Waals surface area (Å²) in [6.45, 7) is 4.74. The van der Waals surface area contributed by atoms with Crippen molar-refractivity contribution in [1.82, 2.24) is 25.0 Å². The Balaban J connectivity index is 0.00000210. The number of para-hydroxylation sites is 1. The summed E-state index contributed by atoms with van der Waals surface area (Å²) < 4.78 is 16.2. The maximum atomic E-state index is 14.0. The molecule has 3 heterocycles. The molecule has 7 nitrogen and oxygen atoms in total. The number of rotatable bonds is 3. The van der Waals surface area contributed by atoms with Gasteiger partial charge in [-0.1, -0.05) is 12.1 Å². The molecule has 2 aromatic rings. The van der Waals surface area contributed by atoms with Crippen LogP contribution in [0.5, 0.6) is 0 Å². The highest BCUT2D eigenvalue weighted by Gasteiger charge is 2.22. The van der Waals surface area contributed by atoms with Crippen molar-refractivity contribution in [3.63, 3.8) is 0 Å². The number of anilines is 1. The third kappa shape index (κ3) is 4.17. The van der Waals surface area contributed by atoms with E-state index in [9.17, 15) is 4.39 Å². The number of aryl methyl sites for hydroxylation is 1. The van der Waals surface area contributed by atoms with E-state index in [0.29, 0.717) is 12.2 Å². The molecule has 0 spiro atoms. The van der Waals surface area contributed by atoms with E-state index in [1.54, 1.807) is 13.1 Å². The van der Waals surface area contributed by atoms with E-state index in [4.69, 9.17) is 0 Å². The van der Waals surface area contributed by atoms with Gasteiger partial charge >= 0.3 is 0 Å². The fourth-order valence-electron chi connectivity index (χ4n) is 3.70. The first-order chi connectivity index (χ1) is 12.8. The van der Waals surface area contributed by atoms with E-state index in [1.807, 2.05) is 12.1 Å². The van der Waals surface area contributed by atoms with Gasteiger partial charge in [-0.2, -0.15) is 0 Å². The van der Waals surface area contributed by atoms with Crippen LogP contribution >= 0.6 is 24.0 Å². The Hall–Kier alpha value is -1.91. The second-order valence-corrected chi connectivity index (χ2v) is 6.61. The lowest BCUT2D eigenvalue weighted by molar-refractivity contribution is 0.370. The first-order valence-corrected chi connectivity index (χ1v) is 9.12. The minimum atomic E-state index is -0.163. The van der Waals surface area contributed by atoms with Crippen molar-refractivity contribution in [3.8, 4) is 0 Å². The molecule has 1 fully saturated rings. The van der Waals surface area contributed by atoms with Gasteiger partial charge in [0.2, 0.25) is 0 Å². The quantitative estimate of drug-likeness (QED) is 0.409. The summed E-state index contributed by atoms with van der Waals surface area (Å²) in [5.74, 6) is 2.73. The number of fused-ring (bicyclic) bond motifs is 1. The molecule has 1 aromatic heterocycles. The molecule has 1 aromatic carbocycles. The maximum Gasteiger partial charge on any atom is 0.194 e. The standard InChI is InChI=1S/C18H24FN7.HI/c1-20-18(21-13-17-23-22-16-7-4-8-26(16)17)25-11-9-24(10-12-25)15-6-3-2-5-14(15)19;/h2-3,5-6H,4,7-13H2,1H3,(H,20,21);1H. The van der Waals surface area contributed by atoms with Crippen LogP contribution in [0.15, 0.2) is 29.3 Å². The lowest BCUT2D eigenvalue weighted by Crippen LogP contribution is -2.52. The average molecular weight is 485 g/mol. The SMILES string of the molecule is CN=C(NCc1nnc2n1CCC2)N1CCN(c2ccccc2F)CC1.I. The number of aliphatic imine (C=N–C) groups is 1. The minimum absolute atomic E-state index is 0.